The van der Waals surface area contributed by atoms with Gasteiger partial charge in [0.05, 0.1) is 22.3 Å². The van der Waals surface area contributed by atoms with Crippen molar-refractivity contribution in [2.45, 2.75) is 25.6 Å². The van der Waals surface area contributed by atoms with Gasteiger partial charge < -0.3 is 20.5 Å². The predicted molar refractivity (Wildman–Crippen MR) is 77.0 cm³/mol. The van der Waals surface area contributed by atoms with E-state index in [-0.39, 0.29) is 17.8 Å². The van der Waals surface area contributed by atoms with Gasteiger partial charge >= 0.3 is 0 Å². The molecular weight excluding hydrogens is 280 g/mol. The van der Waals surface area contributed by atoms with E-state index >= 15 is 0 Å². The summed E-state index contributed by atoms with van der Waals surface area (Å²) in [7, 11) is 0. The third-order valence-corrected chi connectivity index (χ3v) is 3.54. The molecule has 1 aromatic carbocycles. The Labute approximate surface area is 123 Å². The van der Waals surface area contributed by atoms with E-state index in [2.05, 4.69) is 0 Å². The van der Waals surface area contributed by atoms with Gasteiger partial charge in [0.1, 0.15) is 5.75 Å². The van der Waals surface area contributed by atoms with Crippen molar-refractivity contribution in [1.82, 2.24) is 4.90 Å². The SMILES string of the molecule is CC1(C)CN(C(=O)c2cc(O)ccc2Cl)CC(CN)O1. The predicted octanol–water partition coefficient (Wildman–Crippen LogP) is 1.62. The number of halogens is 1. The van der Waals surface area contributed by atoms with E-state index in [1.54, 1.807) is 4.90 Å². The van der Waals surface area contributed by atoms with Crippen LogP contribution < -0.4 is 5.73 Å². The zero-order chi connectivity index (χ0) is 14.9. The Morgan fingerprint density at radius 1 is 1.60 bits per heavy atom. The Hall–Kier alpha value is -1.30. The maximum atomic E-state index is 12.6. The van der Waals surface area contributed by atoms with Crippen molar-refractivity contribution in [3.63, 3.8) is 0 Å². The minimum atomic E-state index is -0.457. The number of phenolic OH excluding ortho intramolecular Hbond substituents is 1. The van der Waals surface area contributed by atoms with Crippen LogP contribution in [0, 0.1) is 0 Å². The van der Waals surface area contributed by atoms with Gasteiger partial charge in [-0.25, -0.2) is 0 Å². The maximum Gasteiger partial charge on any atom is 0.255 e. The molecule has 1 aliphatic heterocycles. The second-order valence-electron chi connectivity index (χ2n) is 5.59. The van der Waals surface area contributed by atoms with Gasteiger partial charge in [0, 0.05) is 19.6 Å². The average molecular weight is 299 g/mol. The summed E-state index contributed by atoms with van der Waals surface area (Å²) in [5.74, 6) is -0.207. The molecule has 1 aliphatic rings. The Morgan fingerprint density at radius 3 is 2.95 bits per heavy atom. The van der Waals surface area contributed by atoms with Crippen LogP contribution in [0.1, 0.15) is 24.2 Å². The Morgan fingerprint density at radius 2 is 2.30 bits per heavy atom. The fourth-order valence-corrected chi connectivity index (χ4v) is 2.62. The molecule has 0 aliphatic carbocycles. The molecule has 1 amide bonds. The van der Waals surface area contributed by atoms with E-state index in [1.165, 1.54) is 18.2 Å². The smallest absolute Gasteiger partial charge is 0.255 e. The Balaban J connectivity index is 2.25. The first-order chi connectivity index (χ1) is 9.32. The molecule has 0 spiro atoms. The summed E-state index contributed by atoms with van der Waals surface area (Å²) in [4.78, 5) is 14.2. The molecular formula is C14H19ClN2O3. The lowest BCUT2D eigenvalue weighted by molar-refractivity contribution is -0.122. The lowest BCUT2D eigenvalue weighted by Gasteiger charge is -2.42. The minimum Gasteiger partial charge on any atom is -0.508 e. The second kappa shape index (κ2) is 5.60. The molecule has 1 heterocycles. The van der Waals surface area contributed by atoms with Gasteiger partial charge in [0.2, 0.25) is 0 Å². The van der Waals surface area contributed by atoms with E-state index in [0.29, 0.717) is 30.2 Å². The number of hydrogen-bond acceptors (Lipinski definition) is 4. The van der Waals surface area contributed by atoms with Crippen molar-refractivity contribution < 1.29 is 14.6 Å². The number of amides is 1. The molecule has 110 valence electrons. The molecule has 3 N–H and O–H groups in total. The van der Waals surface area contributed by atoms with Crippen molar-refractivity contribution in [1.29, 1.82) is 0 Å². The first kappa shape index (κ1) is 15.1. The highest BCUT2D eigenvalue weighted by Crippen LogP contribution is 2.26. The summed E-state index contributed by atoms with van der Waals surface area (Å²) in [6.45, 7) is 5.05. The van der Waals surface area contributed by atoms with Gasteiger partial charge in [0.15, 0.2) is 0 Å². The minimum absolute atomic E-state index is 0.0145. The first-order valence-corrected chi connectivity index (χ1v) is 6.86. The fraction of sp³-hybridized carbons (Fsp3) is 0.500. The van der Waals surface area contributed by atoms with Crippen LogP contribution in [0.4, 0.5) is 0 Å². The molecule has 0 bridgehead atoms. The molecule has 1 saturated heterocycles. The normalized spacial score (nSPS) is 21.8. The molecule has 0 radical (unpaired) electrons. The molecule has 0 saturated carbocycles. The van der Waals surface area contributed by atoms with Crippen molar-refractivity contribution >= 4 is 17.5 Å². The zero-order valence-electron chi connectivity index (χ0n) is 11.6. The van der Waals surface area contributed by atoms with Crippen LogP contribution in [-0.2, 0) is 4.74 Å². The first-order valence-electron chi connectivity index (χ1n) is 6.48. The van der Waals surface area contributed by atoms with Crippen molar-refractivity contribution in [2.24, 2.45) is 5.73 Å². The highest BCUT2D eigenvalue weighted by Gasteiger charge is 2.35. The number of carbonyl (C=O) groups is 1. The summed E-state index contributed by atoms with van der Waals surface area (Å²) >= 11 is 6.04. The van der Waals surface area contributed by atoms with Crippen LogP contribution in [0.5, 0.6) is 5.75 Å². The van der Waals surface area contributed by atoms with Crippen LogP contribution in [0.2, 0.25) is 5.02 Å². The van der Waals surface area contributed by atoms with Crippen molar-refractivity contribution in [3.05, 3.63) is 28.8 Å². The summed E-state index contributed by atoms with van der Waals surface area (Å²) < 4.78 is 5.79. The van der Waals surface area contributed by atoms with Gasteiger partial charge in [0.25, 0.3) is 5.91 Å². The third kappa shape index (κ3) is 3.23. The number of phenols is 1. The summed E-state index contributed by atoms with van der Waals surface area (Å²) in [5, 5.41) is 9.83. The Kier molecular flexibility index (Phi) is 4.22. The Bertz CT molecular complexity index is 519. The molecule has 0 aromatic heterocycles. The quantitative estimate of drug-likeness (QED) is 0.870. The van der Waals surface area contributed by atoms with E-state index in [0.717, 1.165) is 0 Å². The zero-order valence-corrected chi connectivity index (χ0v) is 12.4. The largest absolute Gasteiger partial charge is 0.508 e. The van der Waals surface area contributed by atoms with E-state index in [4.69, 9.17) is 22.1 Å². The van der Waals surface area contributed by atoms with Gasteiger partial charge in [-0.15, -0.1) is 0 Å². The number of ether oxygens (including phenoxy) is 1. The molecule has 2 rings (SSSR count). The molecule has 1 aromatic rings. The van der Waals surface area contributed by atoms with Crippen LogP contribution in [0.25, 0.3) is 0 Å². The van der Waals surface area contributed by atoms with E-state index in [9.17, 15) is 9.90 Å². The number of hydrogen-bond donors (Lipinski definition) is 2. The molecule has 6 heteroatoms. The van der Waals surface area contributed by atoms with Crippen molar-refractivity contribution in [3.8, 4) is 5.75 Å². The monoisotopic (exact) mass is 298 g/mol. The molecule has 1 unspecified atom stereocenters. The summed E-state index contributed by atoms with van der Waals surface area (Å²) in [6, 6.07) is 4.34. The molecule has 1 fully saturated rings. The number of nitrogens with two attached hydrogens (primary N) is 1. The number of morpholine rings is 1. The second-order valence-corrected chi connectivity index (χ2v) is 5.99. The van der Waals surface area contributed by atoms with Crippen LogP contribution >= 0.6 is 11.6 Å². The number of carbonyl (C=O) groups excluding carboxylic acids is 1. The highest BCUT2D eigenvalue weighted by molar-refractivity contribution is 6.33. The van der Waals surface area contributed by atoms with Crippen LogP contribution in [0.15, 0.2) is 18.2 Å². The lowest BCUT2D eigenvalue weighted by Crippen LogP contribution is -2.56. The average Bonchev–Trinajstić information content (AvgIpc) is 2.38. The van der Waals surface area contributed by atoms with Crippen LogP contribution in [0.3, 0.4) is 0 Å². The van der Waals surface area contributed by atoms with Crippen molar-refractivity contribution in [2.75, 3.05) is 19.6 Å². The fourth-order valence-electron chi connectivity index (χ4n) is 2.42. The maximum absolute atomic E-state index is 12.6. The van der Waals surface area contributed by atoms with Gasteiger partial charge in [-0.1, -0.05) is 11.6 Å². The van der Waals surface area contributed by atoms with Gasteiger partial charge in [-0.2, -0.15) is 0 Å². The molecule has 5 nitrogen and oxygen atoms in total. The summed E-state index contributed by atoms with van der Waals surface area (Å²) in [6.07, 6.45) is -0.196. The van der Waals surface area contributed by atoms with E-state index in [1.807, 2.05) is 13.8 Å². The van der Waals surface area contributed by atoms with E-state index < -0.39 is 5.60 Å². The summed E-state index contributed by atoms with van der Waals surface area (Å²) in [5.41, 5.74) is 5.49. The number of benzene rings is 1. The van der Waals surface area contributed by atoms with Gasteiger partial charge in [-0.3, -0.25) is 4.79 Å². The number of nitrogens with zero attached hydrogens (tertiary/aromatic N) is 1. The number of aromatic hydroxyl groups is 1. The van der Waals surface area contributed by atoms with Crippen LogP contribution in [-0.4, -0.2) is 47.3 Å². The molecule has 20 heavy (non-hydrogen) atoms. The number of rotatable bonds is 2. The lowest BCUT2D eigenvalue weighted by atomic mass is 10.0. The molecule has 1 atom stereocenters. The standard InChI is InChI=1S/C14H19ClN2O3/c1-14(2)8-17(7-10(6-16)20-14)13(19)11-5-9(18)3-4-12(11)15/h3-5,10,18H,6-8,16H2,1-2H3. The topological polar surface area (TPSA) is 75.8 Å². The third-order valence-electron chi connectivity index (χ3n) is 3.21. The van der Waals surface area contributed by atoms with Gasteiger partial charge in [-0.05, 0) is 32.0 Å². The highest BCUT2D eigenvalue weighted by atomic mass is 35.5.